The molecule has 0 aliphatic carbocycles. The van der Waals surface area contributed by atoms with E-state index in [2.05, 4.69) is 11.4 Å². The minimum Gasteiger partial charge on any atom is -0.497 e. The summed E-state index contributed by atoms with van der Waals surface area (Å²) in [5.74, 6) is 1.26. The molecule has 1 atom stereocenters. The predicted molar refractivity (Wildman–Crippen MR) is 84.2 cm³/mol. The van der Waals surface area contributed by atoms with E-state index in [1.54, 1.807) is 56.7 Å². The van der Waals surface area contributed by atoms with Crippen LogP contribution in [0.1, 0.15) is 17.2 Å². The Bertz CT molecular complexity index is 640. The number of nitrogens with zero attached hydrogens (tertiary/aromatic N) is 1. The van der Waals surface area contributed by atoms with Crippen LogP contribution in [0.15, 0.2) is 42.5 Å². The number of anilines is 1. The molecule has 5 nitrogen and oxygen atoms in total. The Labute approximate surface area is 129 Å². The molecule has 0 fully saturated rings. The van der Waals surface area contributed by atoms with Crippen molar-refractivity contribution in [3.8, 4) is 17.6 Å². The fourth-order valence-corrected chi connectivity index (χ4v) is 2.02. The van der Waals surface area contributed by atoms with E-state index in [9.17, 15) is 5.11 Å². The molecule has 2 aromatic rings. The van der Waals surface area contributed by atoms with Crippen LogP contribution in [0.2, 0.25) is 0 Å². The molecule has 0 unspecified atom stereocenters. The third-order valence-electron chi connectivity index (χ3n) is 3.27. The quantitative estimate of drug-likeness (QED) is 0.857. The van der Waals surface area contributed by atoms with Gasteiger partial charge in [-0.05, 0) is 42.0 Å². The lowest BCUT2D eigenvalue weighted by Crippen LogP contribution is -2.12. The van der Waals surface area contributed by atoms with Gasteiger partial charge < -0.3 is 19.9 Å². The van der Waals surface area contributed by atoms with E-state index >= 15 is 0 Å². The number of nitrogens with one attached hydrogen (secondary N) is 1. The van der Waals surface area contributed by atoms with E-state index in [4.69, 9.17) is 14.7 Å². The highest BCUT2D eigenvalue weighted by molar-refractivity contribution is 5.47. The van der Waals surface area contributed by atoms with Gasteiger partial charge >= 0.3 is 0 Å². The molecule has 2 N–H and O–H groups in total. The molecular formula is C17H18N2O3. The summed E-state index contributed by atoms with van der Waals surface area (Å²) in [6.45, 7) is 0.336. The molecule has 0 amide bonds. The molecule has 22 heavy (non-hydrogen) atoms. The van der Waals surface area contributed by atoms with Gasteiger partial charge in [0.15, 0.2) is 0 Å². The van der Waals surface area contributed by atoms with Crippen molar-refractivity contribution in [2.75, 3.05) is 26.1 Å². The molecule has 2 aromatic carbocycles. The Balaban J connectivity index is 2.05. The maximum absolute atomic E-state index is 10.3. The summed E-state index contributed by atoms with van der Waals surface area (Å²) in [5.41, 5.74) is 2.15. The molecular weight excluding hydrogens is 280 g/mol. The van der Waals surface area contributed by atoms with Crippen LogP contribution in [0.25, 0.3) is 0 Å². The second-order valence-electron chi connectivity index (χ2n) is 4.73. The van der Waals surface area contributed by atoms with E-state index < -0.39 is 6.10 Å². The van der Waals surface area contributed by atoms with Crippen molar-refractivity contribution in [3.63, 3.8) is 0 Å². The monoisotopic (exact) mass is 298 g/mol. The predicted octanol–water partition coefficient (Wildman–Crippen LogP) is 2.72. The minimum atomic E-state index is -0.709. The lowest BCUT2D eigenvalue weighted by Gasteiger charge is -2.15. The smallest absolute Gasteiger partial charge is 0.122 e. The average Bonchev–Trinajstić information content (AvgIpc) is 2.59. The van der Waals surface area contributed by atoms with Crippen LogP contribution in [0, 0.1) is 11.3 Å². The van der Waals surface area contributed by atoms with Gasteiger partial charge in [-0.1, -0.05) is 0 Å². The van der Waals surface area contributed by atoms with Gasteiger partial charge in [0.2, 0.25) is 0 Å². The first-order chi connectivity index (χ1) is 10.7. The first-order valence-corrected chi connectivity index (χ1v) is 6.81. The van der Waals surface area contributed by atoms with Gasteiger partial charge in [0, 0.05) is 18.3 Å². The van der Waals surface area contributed by atoms with Gasteiger partial charge in [0.1, 0.15) is 11.5 Å². The largest absolute Gasteiger partial charge is 0.497 e. The van der Waals surface area contributed by atoms with E-state index in [1.165, 1.54) is 0 Å². The number of methoxy groups -OCH3 is 2. The number of nitriles is 1. The number of hydrogen-bond donors (Lipinski definition) is 2. The summed E-state index contributed by atoms with van der Waals surface area (Å²) in [6, 6.07) is 14.4. The van der Waals surface area contributed by atoms with Crippen LogP contribution >= 0.6 is 0 Å². The van der Waals surface area contributed by atoms with Crippen LogP contribution in [0.5, 0.6) is 11.5 Å². The van der Waals surface area contributed by atoms with E-state index in [-0.39, 0.29) is 0 Å². The molecule has 0 aromatic heterocycles. The summed E-state index contributed by atoms with van der Waals surface area (Å²) in [4.78, 5) is 0. The van der Waals surface area contributed by atoms with Gasteiger partial charge in [0.05, 0.1) is 32.0 Å². The van der Waals surface area contributed by atoms with Gasteiger partial charge in [0.25, 0.3) is 0 Å². The van der Waals surface area contributed by atoms with E-state index in [0.29, 0.717) is 29.2 Å². The summed E-state index contributed by atoms with van der Waals surface area (Å²) in [5, 5.41) is 22.2. The zero-order valence-electron chi connectivity index (χ0n) is 12.5. The fourth-order valence-electron chi connectivity index (χ4n) is 2.02. The van der Waals surface area contributed by atoms with Crippen molar-refractivity contribution in [1.29, 1.82) is 5.26 Å². The molecule has 0 heterocycles. The first kappa shape index (κ1) is 15.7. The normalized spacial score (nSPS) is 11.4. The zero-order chi connectivity index (χ0) is 15.9. The van der Waals surface area contributed by atoms with Gasteiger partial charge in [-0.2, -0.15) is 5.26 Å². The molecule has 0 aliphatic heterocycles. The van der Waals surface area contributed by atoms with Crippen molar-refractivity contribution in [1.82, 2.24) is 0 Å². The van der Waals surface area contributed by atoms with Crippen molar-refractivity contribution >= 4 is 5.69 Å². The number of rotatable bonds is 6. The molecule has 0 aliphatic rings. The number of benzene rings is 2. The van der Waals surface area contributed by atoms with Crippen LogP contribution in [0.4, 0.5) is 5.69 Å². The van der Waals surface area contributed by atoms with Gasteiger partial charge in [-0.25, -0.2) is 0 Å². The molecule has 0 radical (unpaired) electrons. The Morgan fingerprint density at radius 2 is 1.68 bits per heavy atom. The van der Waals surface area contributed by atoms with E-state index in [1.807, 2.05) is 0 Å². The summed E-state index contributed by atoms with van der Waals surface area (Å²) in [6.07, 6.45) is -0.709. The highest BCUT2D eigenvalue weighted by Gasteiger charge is 2.11. The second-order valence-corrected chi connectivity index (χ2v) is 4.73. The minimum absolute atomic E-state index is 0.336. The standard InChI is InChI=1S/C17H18N2O3/c1-21-15-7-13(8-16(9-15)22-2)17(20)11-19-14-5-3-12(10-18)4-6-14/h3-9,17,19-20H,11H2,1-2H3/t17-/m1/s1. The number of hydrogen-bond acceptors (Lipinski definition) is 5. The molecule has 114 valence electrons. The Kier molecular flexibility index (Phi) is 5.23. The fraction of sp³-hybridized carbons (Fsp3) is 0.235. The lowest BCUT2D eigenvalue weighted by atomic mass is 10.1. The molecule has 2 rings (SSSR count). The van der Waals surface area contributed by atoms with E-state index in [0.717, 1.165) is 5.69 Å². The van der Waals surface area contributed by atoms with Crippen molar-refractivity contribution in [3.05, 3.63) is 53.6 Å². The SMILES string of the molecule is COc1cc(OC)cc([C@H](O)CNc2ccc(C#N)cc2)c1. The maximum atomic E-state index is 10.3. The second kappa shape index (κ2) is 7.34. The Morgan fingerprint density at radius 3 is 2.18 bits per heavy atom. The summed E-state index contributed by atoms with van der Waals surface area (Å²) < 4.78 is 10.4. The topological polar surface area (TPSA) is 74.5 Å². The number of aliphatic hydroxyl groups is 1. The number of aliphatic hydroxyl groups excluding tert-OH is 1. The maximum Gasteiger partial charge on any atom is 0.122 e. The molecule has 0 spiro atoms. The average molecular weight is 298 g/mol. The van der Waals surface area contributed by atoms with Gasteiger partial charge in [-0.15, -0.1) is 0 Å². The van der Waals surface area contributed by atoms with Crippen molar-refractivity contribution in [2.24, 2.45) is 0 Å². The van der Waals surface area contributed by atoms with Crippen molar-refractivity contribution in [2.45, 2.75) is 6.10 Å². The Hall–Kier alpha value is -2.71. The lowest BCUT2D eigenvalue weighted by molar-refractivity contribution is 0.190. The number of ether oxygens (including phenoxy) is 2. The van der Waals surface area contributed by atoms with Crippen LogP contribution < -0.4 is 14.8 Å². The highest BCUT2D eigenvalue weighted by atomic mass is 16.5. The van der Waals surface area contributed by atoms with Crippen LogP contribution in [0.3, 0.4) is 0 Å². The third-order valence-corrected chi connectivity index (χ3v) is 3.27. The third kappa shape index (κ3) is 3.90. The molecule has 5 heteroatoms. The molecule has 0 saturated carbocycles. The zero-order valence-corrected chi connectivity index (χ0v) is 12.5. The van der Waals surface area contributed by atoms with Crippen LogP contribution in [-0.4, -0.2) is 25.9 Å². The molecule has 0 bridgehead atoms. The Morgan fingerprint density at radius 1 is 1.09 bits per heavy atom. The molecule has 0 saturated heterocycles. The highest BCUT2D eigenvalue weighted by Crippen LogP contribution is 2.26. The van der Waals surface area contributed by atoms with Crippen LogP contribution in [-0.2, 0) is 0 Å². The first-order valence-electron chi connectivity index (χ1n) is 6.81. The van der Waals surface area contributed by atoms with Gasteiger partial charge in [-0.3, -0.25) is 0 Å². The summed E-state index contributed by atoms with van der Waals surface area (Å²) >= 11 is 0. The summed E-state index contributed by atoms with van der Waals surface area (Å²) in [7, 11) is 3.14. The van der Waals surface area contributed by atoms with Crippen molar-refractivity contribution < 1.29 is 14.6 Å².